The van der Waals surface area contributed by atoms with Gasteiger partial charge in [0.1, 0.15) is 0 Å². The number of hydrogen-bond donors (Lipinski definition) is 2. The minimum atomic E-state index is -0.828. The van der Waals surface area contributed by atoms with Crippen molar-refractivity contribution < 1.29 is 15.0 Å². The van der Waals surface area contributed by atoms with Crippen molar-refractivity contribution in [2.24, 2.45) is 5.92 Å². The summed E-state index contributed by atoms with van der Waals surface area (Å²) in [5, 5.41) is 18.9. The van der Waals surface area contributed by atoms with Gasteiger partial charge in [-0.3, -0.25) is 9.69 Å². The molecule has 0 amide bonds. The highest BCUT2D eigenvalue weighted by Gasteiger charge is 2.27. The average molecular weight is 263 g/mol. The molecule has 2 rings (SSSR count). The zero-order valence-electron chi connectivity index (χ0n) is 11.0. The second-order valence-electron chi connectivity index (χ2n) is 5.29. The van der Waals surface area contributed by atoms with Gasteiger partial charge in [-0.25, -0.2) is 0 Å². The molecule has 19 heavy (non-hydrogen) atoms. The number of carboxylic acid groups (broad SMARTS) is 1. The molecule has 1 aliphatic heterocycles. The number of benzene rings is 1. The lowest BCUT2D eigenvalue weighted by Gasteiger charge is -2.25. The summed E-state index contributed by atoms with van der Waals surface area (Å²) in [6.45, 7) is 2.40. The van der Waals surface area contributed by atoms with Gasteiger partial charge in [0.2, 0.25) is 0 Å². The van der Waals surface area contributed by atoms with E-state index in [1.807, 2.05) is 18.2 Å². The van der Waals surface area contributed by atoms with Gasteiger partial charge in [-0.2, -0.15) is 0 Å². The van der Waals surface area contributed by atoms with Gasteiger partial charge < -0.3 is 10.2 Å². The number of likely N-dealkylation sites (tertiary alicyclic amines) is 1. The zero-order valence-corrected chi connectivity index (χ0v) is 11.0. The Morgan fingerprint density at radius 3 is 2.74 bits per heavy atom. The molecular formula is C15H21NO3. The molecule has 104 valence electrons. The molecule has 1 aromatic carbocycles. The van der Waals surface area contributed by atoms with E-state index in [2.05, 4.69) is 17.0 Å². The smallest absolute Gasteiger partial charge is 0.303 e. The van der Waals surface area contributed by atoms with Crippen LogP contribution in [-0.4, -0.2) is 40.3 Å². The van der Waals surface area contributed by atoms with Crippen LogP contribution in [0.3, 0.4) is 0 Å². The van der Waals surface area contributed by atoms with Crippen molar-refractivity contribution in [2.45, 2.75) is 31.9 Å². The van der Waals surface area contributed by atoms with Gasteiger partial charge in [0.15, 0.2) is 0 Å². The highest BCUT2D eigenvalue weighted by Crippen LogP contribution is 2.21. The number of nitrogens with zero attached hydrogens (tertiary/aromatic N) is 1. The fourth-order valence-corrected chi connectivity index (χ4v) is 2.71. The van der Waals surface area contributed by atoms with Crippen LogP contribution in [0.4, 0.5) is 0 Å². The third-order valence-corrected chi connectivity index (χ3v) is 3.70. The Bertz CT molecular complexity index is 407. The minimum absolute atomic E-state index is 0.0481. The van der Waals surface area contributed by atoms with Gasteiger partial charge >= 0.3 is 5.97 Å². The van der Waals surface area contributed by atoms with Gasteiger partial charge in [0.05, 0.1) is 12.5 Å². The van der Waals surface area contributed by atoms with Gasteiger partial charge in [-0.05, 0) is 24.9 Å². The summed E-state index contributed by atoms with van der Waals surface area (Å²) in [4.78, 5) is 13.1. The van der Waals surface area contributed by atoms with Gasteiger partial charge in [-0.15, -0.1) is 0 Å². The minimum Gasteiger partial charge on any atom is -0.481 e. The van der Waals surface area contributed by atoms with Crippen LogP contribution in [0.15, 0.2) is 30.3 Å². The van der Waals surface area contributed by atoms with Crippen molar-refractivity contribution in [3.8, 4) is 0 Å². The fraction of sp³-hybridized carbons (Fsp3) is 0.533. The molecule has 0 bridgehead atoms. The molecule has 2 N–H and O–H groups in total. The van der Waals surface area contributed by atoms with E-state index < -0.39 is 12.1 Å². The summed E-state index contributed by atoms with van der Waals surface area (Å²) in [7, 11) is 0. The van der Waals surface area contributed by atoms with Crippen molar-refractivity contribution in [3.05, 3.63) is 35.9 Å². The molecule has 1 aliphatic rings. The first-order chi connectivity index (χ1) is 9.15. The van der Waals surface area contributed by atoms with Crippen molar-refractivity contribution in [2.75, 3.05) is 13.1 Å². The number of carbonyl (C=O) groups is 1. The first kappa shape index (κ1) is 14.0. The molecule has 0 aliphatic carbocycles. The molecule has 4 nitrogen and oxygen atoms in total. The van der Waals surface area contributed by atoms with Crippen LogP contribution >= 0.6 is 0 Å². The Balaban J connectivity index is 1.98. The maximum atomic E-state index is 10.9. The molecule has 1 fully saturated rings. The monoisotopic (exact) mass is 263 g/mol. The van der Waals surface area contributed by atoms with E-state index in [-0.39, 0.29) is 12.3 Å². The van der Waals surface area contributed by atoms with Crippen LogP contribution in [0, 0.1) is 5.92 Å². The summed E-state index contributed by atoms with van der Waals surface area (Å²) < 4.78 is 0. The number of rotatable bonds is 4. The molecule has 1 saturated heterocycles. The maximum absolute atomic E-state index is 10.9. The van der Waals surface area contributed by atoms with Crippen LogP contribution < -0.4 is 0 Å². The summed E-state index contributed by atoms with van der Waals surface area (Å²) in [6, 6.07) is 10.2. The van der Waals surface area contributed by atoms with E-state index in [9.17, 15) is 9.90 Å². The Kier molecular flexibility index (Phi) is 4.93. The molecule has 0 spiro atoms. The number of aliphatic hydroxyl groups is 1. The van der Waals surface area contributed by atoms with Crippen LogP contribution in [0.5, 0.6) is 0 Å². The molecule has 1 aromatic rings. The van der Waals surface area contributed by atoms with Crippen LogP contribution in [0.25, 0.3) is 0 Å². The Morgan fingerprint density at radius 1 is 1.32 bits per heavy atom. The molecule has 1 heterocycles. The van der Waals surface area contributed by atoms with Gasteiger partial charge in [0, 0.05) is 19.0 Å². The molecule has 0 radical (unpaired) electrons. The maximum Gasteiger partial charge on any atom is 0.303 e. The summed E-state index contributed by atoms with van der Waals surface area (Å²) in [5.41, 5.74) is 1.23. The van der Waals surface area contributed by atoms with Crippen LogP contribution in [-0.2, 0) is 11.3 Å². The second-order valence-corrected chi connectivity index (χ2v) is 5.29. The molecular weight excluding hydrogens is 242 g/mol. The third-order valence-electron chi connectivity index (χ3n) is 3.70. The summed E-state index contributed by atoms with van der Waals surface area (Å²) in [5.74, 6) is -0.991. The fourth-order valence-electron chi connectivity index (χ4n) is 2.71. The van der Waals surface area contributed by atoms with E-state index in [4.69, 9.17) is 5.11 Å². The largest absolute Gasteiger partial charge is 0.481 e. The standard InChI is InChI=1S/C15H21NO3/c17-14-7-4-8-16(11-13(14)9-15(18)19)10-12-5-2-1-3-6-12/h1-3,5-6,13-14,17H,4,7-11H2,(H,18,19). The first-order valence-electron chi connectivity index (χ1n) is 6.81. The molecule has 0 saturated carbocycles. The Hall–Kier alpha value is -1.39. The Morgan fingerprint density at radius 2 is 2.05 bits per heavy atom. The van der Waals surface area contributed by atoms with Crippen molar-refractivity contribution >= 4 is 5.97 Å². The predicted molar refractivity (Wildman–Crippen MR) is 72.7 cm³/mol. The van der Waals surface area contributed by atoms with Crippen LogP contribution in [0.1, 0.15) is 24.8 Å². The quantitative estimate of drug-likeness (QED) is 0.868. The Labute approximate surface area is 113 Å². The van der Waals surface area contributed by atoms with E-state index in [1.54, 1.807) is 0 Å². The molecule has 4 heteroatoms. The number of hydrogen-bond acceptors (Lipinski definition) is 3. The normalized spacial score (nSPS) is 24.9. The van der Waals surface area contributed by atoms with Gasteiger partial charge in [0.25, 0.3) is 0 Å². The highest BCUT2D eigenvalue weighted by molar-refractivity contribution is 5.67. The number of aliphatic carboxylic acids is 1. The van der Waals surface area contributed by atoms with Crippen molar-refractivity contribution in [1.29, 1.82) is 0 Å². The van der Waals surface area contributed by atoms with Crippen molar-refractivity contribution in [3.63, 3.8) is 0 Å². The average Bonchev–Trinajstić information content (AvgIpc) is 2.53. The lowest BCUT2D eigenvalue weighted by atomic mass is 9.96. The number of aliphatic hydroxyl groups excluding tert-OH is 1. The van der Waals surface area contributed by atoms with E-state index in [1.165, 1.54) is 5.56 Å². The molecule has 2 atom stereocenters. The second kappa shape index (κ2) is 6.68. The SMILES string of the molecule is O=C(O)CC1CN(Cc2ccccc2)CCCC1O. The number of carboxylic acids is 1. The summed E-state index contributed by atoms with van der Waals surface area (Å²) >= 11 is 0. The highest BCUT2D eigenvalue weighted by atomic mass is 16.4. The third kappa shape index (κ3) is 4.33. The topological polar surface area (TPSA) is 60.8 Å². The van der Waals surface area contributed by atoms with Crippen molar-refractivity contribution in [1.82, 2.24) is 4.90 Å². The van der Waals surface area contributed by atoms with E-state index in [0.29, 0.717) is 13.0 Å². The predicted octanol–water partition coefficient (Wildman–Crippen LogP) is 1.73. The molecule has 2 unspecified atom stereocenters. The van der Waals surface area contributed by atoms with E-state index >= 15 is 0 Å². The first-order valence-corrected chi connectivity index (χ1v) is 6.81. The summed E-state index contributed by atoms with van der Waals surface area (Å²) in [6.07, 6.45) is 1.18. The van der Waals surface area contributed by atoms with E-state index in [0.717, 1.165) is 19.5 Å². The van der Waals surface area contributed by atoms with Gasteiger partial charge in [-0.1, -0.05) is 30.3 Å². The lowest BCUT2D eigenvalue weighted by molar-refractivity contribution is -0.139. The lowest BCUT2D eigenvalue weighted by Crippen LogP contribution is -2.33. The molecule has 0 aromatic heterocycles. The van der Waals surface area contributed by atoms with Crippen LogP contribution in [0.2, 0.25) is 0 Å². The zero-order chi connectivity index (χ0) is 13.7.